The number of thioether (sulfide) groups is 1. The number of hydrogen-bond donors (Lipinski definition) is 0. The lowest BCUT2D eigenvalue weighted by Crippen LogP contribution is -1.89. The predicted molar refractivity (Wildman–Crippen MR) is 54.1 cm³/mol. The monoisotopic (exact) mass is 201 g/mol. The van der Waals surface area contributed by atoms with Gasteiger partial charge in [0.05, 0.1) is 10.6 Å². The normalized spacial score (nSPS) is 10.2. The highest BCUT2D eigenvalue weighted by molar-refractivity contribution is 7.97. The molecule has 1 heterocycles. The van der Waals surface area contributed by atoms with Crippen molar-refractivity contribution < 1.29 is 4.79 Å². The van der Waals surface area contributed by atoms with Gasteiger partial charge in [0, 0.05) is 12.7 Å². The lowest BCUT2D eigenvalue weighted by Gasteiger charge is -1.86. The van der Waals surface area contributed by atoms with Gasteiger partial charge in [-0.15, -0.1) is 11.3 Å². The van der Waals surface area contributed by atoms with E-state index < -0.39 is 0 Å². The lowest BCUT2D eigenvalue weighted by atomic mass is 10.3. The second kappa shape index (κ2) is 4.05. The molecule has 0 radical (unpaired) electrons. The SMILES string of the molecule is CSCc1nc(C)c(C(C)=O)s1. The smallest absolute Gasteiger partial charge is 0.171 e. The van der Waals surface area contributed by atoms with Crippen molar-refractivity contribution in [2.75, 3.05) is 6.26 Å². The van der Waals surface area contributed by atoms with Crippen LogP contribution in [-0.4, -0.2) is 17.0 Å². The summed E-state index contributed by atoms with van der Waals surface area (Å²) in [5.41, 5.74) is 0.872. The molecule has 0 atom stereocenters. The molecule has 4 heteroatoms. The molecule has 12 heavy (non-hydrogen) atoms. The number of hydrogen-bond acceptors (Lipinski definition) is 4. The van der Waals surface area contributed by atoms with Gasteiger partial charge in [0.1, 0.15) is 5.01 Å². The number of rotatable bonds is 3. The molecule has 1 aromatic heterocycles. The summed E-state index contributed by atoms with van der Waals surface area (Å²) in [5.74, 6) is 1.02. The molecule has 66 valence electrons. The zero-order chi connectivity index (χ0) is 9.14. The molecule has 2 nitrogen and oxygen atoms in total. The number of aryl methyl sites for hydroxylation is 1. The van der Waals surface area contributed by atoms with Crippen LogP contribution in [0.1, 0.15) is 27.3 Å². The molecule has 0 aromatic carbocycles. The van der Waals surface area contributed by atoms with Crippen molar-refractivity contribution in [3.63, 3.8) is 0 Å². The number of ketones is 1. The van der Waals surface area contributed by atoms with Gasteiger partial charge in [0.25, 0.3) is 0 Å². The zero-order valence-corrected chi connectivity index (χ0v) is 9.01. The molecular weight excluding hydrogens is 190 g/mol. The minimum absolute atomic E-state index is 0.123. The molecular formula is C8H11NOS2. The molecule has 0 aliphatic rings. The third-order valence-electron chi connectivity index (χ3n) is 1.43. The number of Topliss-reactive ketones (excluding diaryl/α,β-unsaturated/α-hetero) is 1. The van der Waals surface area contributed by atoms with Crippen LogP contribution in [0.2, 0.25) is 0 Å². The Morgan fingerprint density at radius 2 is 2.33 bits per heavy atom. The first-order chi connectivity index (χ1) is 5.65. The molecule has 0 unspecified atom stereocenters. The molecule has 0 saturated heterocycles. The van der Waals surface area contributed by atoms with Crippen LogP contribution in [0.4, 0.5) is 0 Å². The Morgan fingerprint density at radius 1 is 1.67 bits per heavy atom. The summed E-state index contributed by atoms with van der Waals surface area (Å²) < 4.78 is 0. The first-order valence-corrected chi connectivity index (χ1v) is 5.82. The van der Waals surface area contributed by atoms with Crippen LogP contribution in [0.25, 0.3) is 0 Å². The van der Waals surface area contributed by atoms with Crippen molar-refractivity contribution in [1.82, 2.24) is 4.98 Å². The summed E-state index contributed by atoms with van der Waals surface area (Å²) in [6, 6.07) is 0. The van der Waals surface area contributed by atoms with E-state index in [0.29, 0.717) is 0 Å². The highest BCUT2D eigenvalue weighted by atomic mass is 32.2. The summed E-state index contributed by atoms with van der Waals surface area (Å²) in [5, 5.41) is 1.05. The van der Waals surface area contributed by atoms with Crippen LogP contribution in [0.15, 0.2) is 0 Å². The van der Waals surface area contributed by atoms with E-state index in [0.717, 1.165) is 21.3 Å². The number of aromatic nitrogens is 1. The Kier molecular flexibility index (Phi) is 3.29. The Morgan fingerprint density at radius 3 is 2.75 bits per heavy atom. The molecule has 0 spiro atoms. The molecule has 0 bridgehead atoms. The van der Waals surface area contributed by atoms with Crippen molar-refractivity contribution in [2.24, 2.45) is 0 Å². The van der Waals surface area contributed by atoms with E-state index >= 15 is 0 Å². The fraction of sp³-hybridized carbons (Fsp3) is 0.500. The average molecular weight is 201 g/mol. The highest BCUT2D eigenvalue weighted by Gasteiger charge is 2.10. The number of thiazole rings is 1. The maximum atomic E-state index is 11.0. The van der Waals surface area contributed by atoms with E-state index in [1.54, 1.807) is 18.7 Å². The van der Waals surface area contributed by atoms with Crippen LogP contribution in [-0.2, 0) is 5.75 Å². The van der Waals surface area contributed by atoms with E-state index in [9.17, 15) is 4.79 Å². The van der Waals surface area contributed by atoms with Crippen molar-refractivity contribution in [3.05, 3.63) is 15.6 Å². The maximum absolute atomic E-state index is 11.0. The van der Waals surface area contributed by atoms with Gasteiger partial charge in [-0.3, -0.25) is 4.79 Å². The Bertz CT molecular complexity index is 293. The predicted octanol–water partition coefficient (Wildman–Crippen LogP) is 2.52. The van der Waals surface area contributed by atoms with E-state index in [1.165, 1.54) is 11.3 Å². The molecule has 0 saturated carbocycles. The van der Waals surface area contributed by atoms with Crippen molar-refractivity contribution in [2.45, 2.75) is 19.6 Å². The largest absolute Gasteiger partial charge is 0.294 e. The second-order valence-corrected chi connectivity index (χ2v) is 4.46. The van der Waals surface area contributed by atoms with Gasteiger partial charge in [-0.2, -0.15) is 11.8 Å². The van der Waals surface area contributed by atoms with Gasteiger partial charge < -0.3 is 0 Å². The van der Waals surface area contributed by atoms with E-state index in [1.807, 2.05) is 13.2 Å². The van der Waals surface area contributed by atoms with Crippen LogP contribution < -0.4 is 0 Å². The third kappa shape index (κ3) is 2.08. The van der Waals surface area contributed by atoms with Crippen molar-refractivity contribution >= 4 is 28.9 Å². The molecule has 0 amide bonds. The Labute approximate surface area is 80.4 Å². The van der Waals surface area contributed by atoms with Gasteiger partial charge in [-0.1, -0.05) is 0 Å². The molecule has 0 aliphatic carbocycles. The Balaban J connectivity index is 2.92. The molecule has 1 aromatic rings. The van der Waals surface area contributed by atoms with Gasteiger partial charge in [0.15, 0.2) is 5.78 Å². The van der Waals surface area contributed by atoms with Crippen LogP contribution in [0.3, 0.4) is 0 Å². The first-order valence-electron chi connectivity index (χ1n) is 3.61. The van der Waals surface area contributed by atoms with E-state index in [2.05, 4.69) is 4.98 Å². The summed E-state index contributed by atoms with van der Waals surface area (Å²) >= 11 is 3.24. The molecule has 1 rings (SSSR count). The van der Waals surface area contributed by atoms with Crippen LogP contribution >= 0.6 is 23.1 Å². The molecule has 0 N–H and O–H groups in total. The van der Waals surface area contributed by atoms with E-state index in [4.69, 9.17) is 0 Å². The van der Waals surface area contributed by atoms with Gasteiger partial charge in [0.2, 0.25) is 0 Å². The average Bonchev–Trinajstić information content (AvgIpc) is 2.32. The zero-order valence-electron chi connectivity index (χ0n) is 7.38. The molecule has 0 aliphatic heterocycles. The lowest BCUT2D eigenvalue weighted by molar-refractivity contribution is 0.102. The van der Waals surface area contributed by atoms with Crippen molar-refractivity contribution in [3.8, 4) is 0 Å². The van der Waals surface area contributed by atoms with Gasteiger partial charge in [-0.25, -0.2) is 4.98 Å². The van der Waals surface area contributed by atoms with Crippen molar-refractivity contribution in [1.29, 1.82) is 0 Å². The van der Waals surface area contributed by atoms with Gasteiger partial charge >= 0.3 is 0 Å². The maximum Gasteiger partial charge on any atom is 0.171 e. The molecule has 0 fully saturated rings. The summed E-state index contributed by atoms with van der Waals surface area (Å²) in [4.78, 5) is 16.2. The standard InChI is InChI=1S/C8H11NOS2/c1-5-8(6(2)10)12-7(9-5)4-11-3/h4H2,1-3H3. The number of carbonyl (C=O) groups is 1. The topological polar surface area (TPSA) is 30.0 Å². The highest BCUT2D eigenvalue weighted by Crippen LogP contribution is 2.21. The summed E-state index contributed by atoms with van der Waals surface area (Å²) in [6.07, 6.45) is 2.03. The quantitative estimate of drug-likeness (QED) is 0.704. The van der Waals surface area contributed by atoms with E-state index in [-0.39, 0.29) is 5.78 Å². The fourth-order valence-corrected chi connectivity index (χ4v) is 2.62. The first kappa shape index (κ1) is 9.74. The summed E-state index contributed by atoms with van der Waals surface area (Å²) in [7, 11) is 0. The number of carbonyl (C=O) groups excluding carboxylic acids is 1. The van der Waals surface area contributed by atoms with Crippen LogP contribution in [0, 0.1) is 6.92 Å². The fourth-order valence-electron chi connectivity index (χ4n) is 0.964. The number of nitrogens with zero attached hydrogens (tertiary/aromatic N) is 1. The third-order valence-corrected chi connectivity index (χ3v) is 3.43. The minimum atomic E-state index is 0.123. The van der Waals surface area contributed by atoms with Gasteiger partial charge in [-0.05, 0) is 13.2 Å². The summed E-state index contributed by atoms with van der Waals surface area (Å²) in [6.45, 7) is 3.47. The van der Waals surface area contributed by atoms with Crippen LogP contribution in [0.5, 0.6) is 0 Å². The Hall–Kier alpha value is -0.350. The second-order valence-electron chi connectivity index (χ2n) is 2.51. The minimum Gasteiger partial charge on any atom is -0.294 e.